The van der Waals surface area contributed by atoms with Gasteiger partial charge >= 0.3 is 0 Å². The van der Waals surface area contributed by atoms with Crippen molar-refractivity contribution in [3.05, 3.63) is 53.3 Å². The van der Waals surface area contributed by atoms with Crippen LogP contribution in [0.4, 0.5) is 0 Å². The van der Waals surface area contributed by atoms with Crippen molar-refractivity contribution in [2.75, 3.05) is 0 Å². The van der Waals surface area contributed by atoms with Gasteiger partial charge < -0.3 is 5.11 Å². The maximum Gasteiger partial charge on any atom is 0.133 e. The quantitative estimate of drug-likeness (QED) is 0.751. The summed E-state index contributed by atoms with van der Waals surface area (Å²) in [5, 5.41) is 10.2. The molecule has 0 saturated carbocycles. The molecule has 1 N–H and O–H groups in total. The number of nitrogens with zero attached hydrogens (tertiary/aromatic N) is 2. The average Bonchev–Trinajstić information content (AvgIpc) is 2.74. The number of hydrogen-bond acceptors (Lipinski definition) is 4. The van der Waals surface area contributed by atoms with Crippen LogP contribution >= 0.6 is 11.3 Å². The lowest BCUT2D eigenvalue weighted by molar-refractivity contribution is 0.472. The molecule has 0 unspecified atom stereocenters. The minimum atomic E-state index is 0.193. The smallest absolute Gasteiger partial charge is 0.133 e. The van der Waals surface area contributed by atoms with Crippen LogP contribution < -0.4 is 0 Å². The number of aromatic hydroxyl groups is 1. The number of benzene rings is 1. The molecule has 3 nitrogen and oxygen atoms in total. The van der Waals surface area contributed by atoms with E-state index in [2.05, 4.69) is 16.0 Å². The molecule has 0 radical (unpaired) electrons. The number of para-hydroxylation sites is 1. The van der Waals surface area contributed by atoms with Gasteiger partial charge in [0, 0.05) is 12.1 Å². The molecule has 0 spiro atoms. The first-order valence-corrected chi connectivity index (χ1v) is 6.11. The molecule has 0 amide bonds. The first kappa shape index (κ1) is 10.2. The van der Waals surface area contributed by atoms with Crippen molar-refractivity contribution in [2.45, 2.75) is 6.42 Å². The Labute approximate surface area is 102 Å². The van der Waals surface area contributed by atoms with Crippen LogP contribution in [0.5, 0.6) is 5.75 Å². The summed E-state index contributed by atoms with van der Waals surface area (Å²) in [6.07, 6.45) is 2.17. The van der Waals surface area contributed by atoms with E-state index in [0.717, 1.165) is 16.2 Å². The second-order valence-electron chi connectivity index (χ2n) is 3.76. The molecule has 84 valence electrons. The Bertz CT molecular complexity index is 613. The van der Waals surface area contributed by atoms with E-state index in [9.17, 15) is 0 Å². The van der Waals surface area contributed by atoms with Gasteiger partial charge in [0.2, 0.25) is 0 Å². The fourth-order valence-electron chi connectivity index (χ4n) is 1.67. The Morgan fingerprint density at radius 3 is 2.76 bits per heavy atom. The molecule has 17 heavy (non-hydrogen) atoms. The standard InChI is InChI=1S/C13H10N2OS/c16-10-6-5-9(14-8-10)7-13-15-11-3-1-2-4-12(11)17-13/h1-6,8,16H,7H2. The molecule has 0 saturated heterocycles. The molecule has 1 aromatic carbocycles. The van der Waals surface area contributed by atoms with Crippen LogP contribution in [0.1, 0.15) is 10.7 Å². The SMILES string of the molecule is Oc1ccc(Cc2nc3ccccc3s2)nc1. The molecule has 0 atom stereocenters. The molecule has 0 aliphatic heterocycles. The summed E-state index contributed by atoms with van der Waals surface area (Å²) in [5.41, 5.74) is 1.95. The Balaban J connectivity index is 1.92. The Hall–Kier alpha value is -1.94. The predicted octanol–water partition coefficient (Wildman–Crippen LogP) is 2.99. The third-order valence-electron chi connectivity index (χ3n) is 2.48. The lowest BCUT2D eigenvalue weighted by atomic mass is 10.3. The minimum Gasteiger partial charge on any atom is -0.506 e. The summed E-state index contributed by atoms with van der Waals surface area (Å²) < 4.78 is 1.20. The van der Waals surface area contributed by atoms with Crippen molar-refractivity contribution in [1.29, 1.82) is 0 Å². The van der Waals surface area contributed by atoms with Gasteiger partial charge in [0.1, 0.15) is 5.75 Å². The third kappa shape index (κ3) is 2.12. The van der Waals surface area contributed by atoms with E-state index in [-0.39, 0.29) is 5.75 Å². The molecule has 0 fully saturated rings. The van der Waals surface area contributed by atoms with Crippen LogP contribution in [0.25, 0.3) is 10.2 Å². The summed E-state index contributed by atoms with van der Waals surface area (Å²) in [4.78, 5) is 8.71. The summed E-state index contributed by atoms with van der Waals surface area (Å²) in [6, 6.07) is 11.6. The van der Waals surface area contributed by atoms with Gasteiger partial charge in [-0.3, -0.25) is 4.98 Å². The molecule has 0 aliphatic rings. The minimum absolute atomic E-state index is 0.193. The number of fused-ring (bicyclic) bond motifs is 1. The van der Waals surface area contributed by atoms with E-state index < -0.39 is 0 Å². The van der Waals surface area contributed by atoms with E-state index in [1.165, 1.54) is 10.9 Å². The van der Waals surface area contributed by atoms with Gasteiger partial charge in [-0.15, -0.1) is 11.3 Å². The highest BCUT2D eigenvalue weighted by atomic mass is 32.1. The van der Waals surface area contributed by atoms with Crippen molar-refractivity contribution >= 4 is 21.6 Å². The zero-order chi connectivity index (χ0) is 11.7. The van der Waals surface area contributed by atoms with E-state index in [1.807, 2.05) is 24.3 Å². The van der Waals surface area contributed by atoms with Crippen molar-refractivity contribution in [1.82, 2.24) is 9.97 Å². The molecule has 2 aromatic heterocycles. The Kier molecular flexibility index (Phi) is 2.49. The van der Waals surface area contributed by atoms with Crippen LogP contribution in [0, 0.1) is 0 Å². The topological polar surface area (TPSA) is 46.0 Å². The zero-order valence-electron chi connectivity index (χ0n) is 9.00. The maximum absolute atomic E-state index is 9.16. The summed E-state index contributed by atoms with van der Waals surface area (Å²) in [5.74, 6) is 0.193. The Morgan fingerprint density at radius 2 is 2.00 bits per heavy atom. The number of thiazole rings is 1. The van der Waals surface area contributed by atoms with Crippen molar-refractivity contribution in [2.24, 2.45) is 0 Å². The van der Waals surface area contributed by atoms with E-state index >= 15 is 0 Å². The zero-order valence-corrected chi connectivity index (χ0v) is 9.81. The van der Waals surface area contributed by atoms with Gasteiger partial charge in [0.15, 0.2) is 0 Å². The lowest BCUT2D eigenvalue weighted by Gasteiger charge is -1.96. The van der Waals surface area contributed by atoms with Crippen LogP contribution in [0.2, 0.25) is 0 Å². The van der Waals surface area contributed by atoms with E-state index in [0.29, 0.717) is 6.42 Å². The van der Waals surface area contributed by atoms with Crippen molar-refractivity contribution in [3.63, 3.8) is 0 Å². The summed E-state index contributed by atoms with van der Waals surface area (Å²) >= 11 is 1.68. The lowest BCUT2D eigenvalue weighted by Crippen LogP contribution is -1.89. The van der Waals surface area contributed by atoms with E-state index in [1.54, 1.807) is 17.4 Å². The van der Waals surface area contributed by atoms with E-state index in [4.69, 9.17) is 5.11 Å². The monoisotopic (exact) mass is 242 g/mol. The molecule has 3 rings (SSSR count). The largest absolute Gasteiger partial charge is 0.506 e. The van der Waals surface area contributed by atoms with Crippen molar-refractivity contribution in [3.8, 4) is 5.75 Å². The number of rotatable bonds is 2. The normalized spacial score (nSPS) is 10.8. The fraction of sp³-hybridized carbons (Fsp3) is 0.0769. The third-order valence-corrected chi connectivity index (χ3v) is 3.52. The number of aromatic nitrogens is 2. The summed E-state index contributed by atoms with van der Waals surface area (Å²) in [7, 11) is 0. The second-order valence-corrected chi connectivity index (χ2v) is 4.88. The average molecular weight is 242 g/mol. The van der Waals surface area contributed by atoms with Gasteiger partial charge in [-0.2, -0.15) is 0 Å². The van der Waals surface area contributed by atoms with Gasteiger partial charge in [0.05, 0.1) is 21.4 Å². The molecule has 0 bridgehead atoms. The molecule has 3 aromatic rings. The van der Waals surface area contributed by atoms with Gasteiger partial charge in [-0.1, -0.05) is 12.1 Å². The van der Waals surface area contributed by atoms with Gasteiger partial charge in [0.25, 0.3) is 0 Å². The first-order valence-electron chi connectivity index (χ1n) is 5.29. The molecular formula is C13H10N2OS. The number of pyridine rings is 1. The van der Waals surface area contributed by atoms with Gasteiger partial charge in [-0.05, 0) is 24.3 Å². The highest BCUT2D eigenvalue weighted by molar-refractivity contribution is 7.18. The molecule has 0 aliphatic carbocycles. The highest BCUT2D eigenvalue weighted by Crippen LogP contribution is 2.23. The predicted molar refractivity (Wildman–Crippen MR) is 68.3 cm³/mol. The molecular weight excluding hydrogens is 232 g/mol. The van der Waals surface area contributed by atoms with Crippen LogP contribution in [-0.2, 0) is 6.42 Å². The van der Waals surface area contributed by atoms with Gasteiger partial charge in [-0.25, -0.2) is 4.98 Å². The summed E-state index contributed by atoms with van der Waals surface area (Å²) in [6.45, 7) is 0. The second kappa shape index (κ2) is 4.14. The first-order chi connectivity index (χ1) is 8.31. The Morgan fingerprint density at radius 1 is 1.12 bits per heavy atom. The fourth-order valence-corrected chi connectivity index (χ4v) is 2.65. The molecule has 4 heteroatoms. The van der Waals surface area contributed by atoms with Crippen molar-refractivity contribution < 1.29 is 5.11 Å². The van der Waals surface area contributed by atoms with Crippen LogP contribution in [0.3, 0.4) is 0 Å². The number of hydrogen-bond donors (Lipinski definition) is 1. The molecule has 2 heterocycles. The maximum atomic E-state index is 9.16. The highest BCUT2D eigenvalue weighted by Gasteiger charge is 2.04. The van der Waals surface area contributed by atoms with Crippen LogP contribution in [0.15, 0.2) is 42.6 Å². The van der Waals surface area contributed by atoms with Crippen LogP contribution in [-0.4, -0.2) is 15.1 Å².